The Morgan fingerprint density at radius 2 is 2.00 bits per heavy atom. The molecule has 0 bridgehead atoms. The molecule has 1 aromatic carbocycles. The van der Waals surface area contributed by atoms with Crippen LogP contribution in [0.15, 0.2) is 18.2 Å². The van der Waals surface area contributed by atoms with Crippen LogP contribution >= 0.6 is 0 Å². The van der Waals surface area contributed by atoms with Gasteiger partial charge in [-0.1, -0.05) is 0 Å². The Morgan fingerprint density at radius 3 is 2.62 bits per heavy atom. The first-order chi connectivity index (χ1) is 11.3. The summed E-state index contributed by atoms with van der Waals surface area (Å²) in [4.78, 5) is 11.8. The minimum atomic E-state index is -0.490. The van der Waals surface area contributed by atoms with Gasteiger partial charge in [-0.05, 0) is 52.2 Å². The Bertz CT molecular complexity index is 631. The van der Waals surface area contributed by atoms with E-state index in [1.54, 1.807) is 19.2 Å². The van der Waals surface area contributed by atoms with Gasteiger partial charge >= 0.3 is 6.09 Å². The van der Waals surface area contributed by atoms with Crippen LogP contribution in [0.1, 0.15) is 45.6 Å². The maximum absolute atomic E-state index is 11.8. The molecule has 0 radical (unpaired) electrons. The zero-order valence-electron chi connectivity index (χ0n) is 14.7. The average molecular weight is 331 g/mol. The first-order valence-corrected chi connectivity index (χ1v) is 8.15. The minimum absolute atomic E-state index is 0.0988. The third kappa shape index (κ3) is 5.05. The van der Waals surface area contributed by atoms with Crippen molar-refractivity contribution >= 4 is 11.8 Å². The number of rotatable bonds is 4. The monoisotopic (exact) mass is 331 g/mol. The Kier molecular flexibility index (Phi) is 5.55. The zero-order valence-corrected chi connectivity index (χ0v) is 14.7. The van der Waals surface area contributed by atoms with Crippen LogP contribution in [0, 0.1) is 11.3 Å². The molecule has 1 amide bonds. The summed E-state index contributed by atoms with van der Waals surface area (Å²) in [6.45, 7) is 5.55. The van der Waals surface area contributed by atoms with E-state index in [1.807, 2.05) is 26.8 Å². The molecule has 1 aliphatic carbocycles. The molecular weight excluding hydrogens is 306 g/mol. The van der Waals surface area contributed by atoms with Gasteiger partial charge in [-0.3, -0.25) is 0 Å². The number of benzene rings is 1. The number of hydrogen-bond donors (Lipinski definition) is 2. The van der Waals surface area contributed by atoms with Crippen LogP contribution in [0.2, 0.25) is 0 Å². The first kappa shape index (κ1) is 17.9. The third-order valence-corrected chi connectivity index (χ3v) is 3.84. The number of amides is 1. The van der Waals surface area contributed by atoms with Crippen LogP contribution < -0.4 is 15.4 Å². The Balaban J connectivity index is 1.90. The number of carbonyl (C=O) groups excluding carboxylic acids is 1. The smallest absolute Gasteiger partial charge is 0.407 e. The van der Waals surface area contributed by atoms with Gasteiger partial charge in [0, 0.05) is 18.2 Å². The molecule has 6 nitrogen and oxygen atoms in total. The van der Waals surface area contributed by atoms with E-state index < -0.39 is 5.60 Å². The Hall–Kier alpha value is -2.42. The van der Waals surface area contributed by atoms with E-state index in [2.05, 4.69) is 16.7 Å². The fourth-order valence-corrected chi connectivity index (χ4v) is 2.82. The molecule has 2 unspecified atom stereocenters. The lowest BCUT2D eigenvalue weighted by atomic mass is 10.1. The molecule has 1 aliphatic rings. The van der Waals surface area contributed by atoms with E-state index in [9.17, 15) is 4.79 Å². The van der Waals surface area contributed by atoms with Crippen LogP contribution in [0.4, 0.5) is 10.5 Å². The molecule has 6 heteroatoms. The number of nitrogens with one attached hydrogen (secondary N) is 2. The van der Waals surface area contributed by atoms with Gasteiger partial charge in [0.15, 0.2) is 0 Å². The van der Waals surface area contributed by atoms with Gasteiger partial charge in [0.2, 0.25) is 0 Å². The number of anilines is 1. The molecule has 0 spiro atoms. The molecule has 1 aromatic rings. The molecule has 1 saturated carbocycles. The Labute approximate surface area is 143 Å². The molecule has 0 heterocycles. The van der Waals surface area contributed by atoms with Crippen molar-refractivity contribution in [2.24, 2.45) is 0 Å². The van der Waals surface area contributed by atoms with Crippen molar-refractivity contribution in [1.29, 1.82) is 5.26 Å². The van der Waals surface area contributed by atoms with Gasteiger partial charge < -0.3 is 20.1 Å². The van der Waals surface area contributed by atoms with Crippen molar-refractivity contribution in [2.45, 2.75) is 57.7 Å². The summed E-state index contributed by atoms with van der Waals surface area (Å²) in [7, 11) is 1.59. The lowest BCUT2D eigenvalue weighted by Crippen LogP contribution is -2.38. The quantitative estimate of drug-likeness (QED) is 0.883. The van der Waals surface area contributed by atoms with Crippen molar-refractivity contribution in [1.82, 2.24) is 5.32 Å². The van der Waals surface area contributed by atoms with Crippen molar-refractivity contribution in [3.05, 3.63) is 23.8 Å². The van der Waals surface area contributed by atoms with Gasteiger partial charge in [0.05, 0.1) is 24.4 Å². The minimum Gasteiger partial charge on any atom is -0.495 e. The molecule has 0 aromatic heterocycles. The second-order valence-corrected chi connectivity index (χ2v) is 7.02. The lowest BCUT2D eigenvalue weighted by molar-refractivity contribution is 0.0505. The maximum atomic E-state index is 11.8. The van der Waals surface area contributed by atoms with E-state index in [0.29, 0.717) is 11.3 Å². The molecule has 2 N–H and O–H groups in total. The summed E-state index contributed by atoms with van der Waals surface area (Å²) in [5, 5.41) is 15.3. The first-order valence-electron chi connectivity index (χ1n) is 8.15. The van der Waals surface area contributed by atoms with Crippen molar-refractivity contribution in [2.75, 3.05) is 12.4 Å². The van der Waals surface area contributed by atoms with E-state index >= 15 is 0 Å². The molecule has 0 saturated heterocycles. The number of methoxy groups -OCH3 is 1. The molecule has 1 fully saturated rings. The number of carbonyl (C=O) groups is 1. The van der Waals surface area contributed by atoms with Gasteiger partial charge in [0.1, 0.15) is 11.4 Å². The fourth-order valence-electron chi connectivity index (χ4n) is 2.82. The van der Waals surface area contributed by atoms with Gasteiger partial charge in [-0.2, -0.15) is 5.26 Å². The fraction of sp³-hybridized carbons (Fsp3) is 0.556. The van der Waals surface area contributed by atoms with Crippen LogP contribution in [-0.2, 0) is 4.74 Å². The summed E-state index contributed by atoms with van der Waals surface area (Å²) >= 11 is 0. The number of ether oxygens (including phenoxy) is 2. The summed E-state index contributed by atoms with van der Waals surface area (Å²) in [6, 6.07) is 7.77. The molecule has 0 aliphatic heterocycles. The van der Waals surface area contributed by atoms with Crippen molar-refractivity contribution < 1.29 is 14.3 Å². The van der Waals surface area contributed by atoms with E-state index in [0.717, 1.165) is 24.9 Å². The molecule has 2 rings (SSSR count). The van der Waals surface area contributed by atoms with Gasteiger partial charge in [-0.15, -0.1) is 0 Å². The number of nitriles is 1. The van der Waals surface area contributed by atoms with Crippen LogP contribution in [0.5, 0.6) is 5.75 Å². The molecule has 24 heavy (non-hydrogen) atoms. The second kappa shape index (κ2) is 7.43. The van der Waals surface area contributed by atoms with Crippen molar-refractivity contribution in [3.63, 3.8) is 0 Å². The zero-order chi connectivity index (χ0) is 17.7. The number of hydrogen-bond acceptors (Lipinski definition) is 5. The van der Waals surface area contributed by atoms with E-state index in [4.69, 9.17) is 14.7 Å². The largest absolute Gasteiger partial charge is 0.495 e. The summed E-state index contributed by atoms with van der Waals surface area (Å²) in [6.07, 6.45) is 2.30. The van der Waals surface area contributed by atoms with Gasteiger partial charge in [0.25, 0.3) is 0 Å². The van der Waals surface area contributed by atoms with Crippen LogP contribution in [0.25, 0.3) is 0 Å². The highest BCUT2D eigenvalue weighted by Gasteiger charge is 2.28. The summed E-state index contributed by atoms with van der Waals surface area (Å²) < 4.78 is 10.6. The Morgan fingerprint density at radius 1 is 1.29 bits per heavy atom. The maximum Gasteiger partial charge on any atom is 0.407 e. The lowest BCUT2D eigenvalue weighted by Gasteiger charge is -2.22. The standard InChI is InChI=1S/C18H25N3O3/c1-18(2,3)24-17(22)21-14-7-6-13(10-14)20-15-8-5-12(11-19)9-16(15)23-4/h5,8-9,13-14,20H,6-7,10H2,1-4H3,(H,21,22). The highest BCUT2D eigenvalue weighted by Crippen LogP contribution is 2.30. The third-order valence-electron chi connectivity index (χ3n) is 3.84. The number of nitrogens with zero attached hydrogens (tertiary/aromatic N) is 1. The van der Waals surface area contributed by atoms with E-state index in [1.165, 1.54) is 0 Å². The van der Waals surface area contributed by atoms with E-state index in [-0.39, 0.29) is 18.2 Å². The average Bonchev–Trinajstić information content (AvgIpc) is 2.92. The predicted octanol–water partition coefficient (Wildman–Crippen LogP) is 3.42. The molecular formula is C18H25N3O3. The summed E-state index contributed by atoms with van der Waals surface area (Å²) in [5.74, 6) is 0.651. The molecule has 130 valence electrons. The predicted molar refractivity (Wildman–Crippen MR) is 92.1 cm³/mol. The number of alkyl carbamates (subject to hydrolysis) is 1. The SMILES string of the molecule is COc1cc(C#N)ccc1NC1CCC(NC(=O)OC(C)(C)C)C1. The topological polar surface area (TPSA) is 83.4 Å². The normalized spacial score (nSPS) is 20.1. The van der Waals surface area contributed by atoms with Crippen molar-refractivity contribution in [3.8, 4) is 11.8 Å². The second-order valence-electron chi connectivity index (χ2n) is 7.02. The highest BCUT2D eigenvalue weighted by atomic mass is 16.6. The van der Waals surface area contributed by atoms with Gasteiger partial charge in [-0.25, -0.2) is 4.79 Å². The summed E-state index contributed by atoms with van der Waals surface area (Å²) in [5.41, 5.74) is 0.934. The highest BCUT2D eigenvalue weighted by molar-refractivity contribution is 5.68. The van der Waals surface area contributed by atoms with Crippen LogP contribution in [-0.4, -0.2) is 30.9 Å². The molecule has 2 atom stereocenters. The van der Waals surface area contributed by atoms with Crippen LogP contribution in [0.3, 0.4) is 0 Å².